The number of nitrogens with one attached hydrogen (secondary N) is 1. The number of thioether (sulfide) groups is 1. The molecular weight excluding hydrogens is 394 g/mol. The number of benzene rings is 1. The Hall–Kier alpha value is -2.22. The zero-order chi connectivity index (χ0) is 18.6. The molecule has 4 nitrogen and oxygen atoms in total. The van der Waals surface area contributed by atoms with E-state index in [0.717, 1.165) is 25.0 Å². The first kappa shape index (κ1) is 18.2. The lowest BCUT2D eigenvalue weighted by molar-refractivity contribution is -0.119. The van der Waals surface area contributed by atoms with Crippen LogP contribution in [-0.2, 0) is 4.79 Å². The SMILES string of the molecule is CC(NC(=O)CSc1ncnc2sc(-c3ccccc3)cc12)c1cccs1. The minimum atomic E-state index is 0.00572. The van der Waals surface area contributed by atoms with E-state index in [9.17, 15) is 4.79 Å². The van der Waals surface area contributed by atoms with Crippen LogP contribution in [0.25, 0.3) is 20.7 Å². The molecule has 0 spiro atoms. The average Bonchev–Trinajstić information content (AvgIpc) is 3.37. The lowest BCUT2D eigenvalue weighted by Gasteiger charge is -2.11. The van der Waals surface area contributed by atoms with E-state index in [1.54, 1.807) is 29.0 Å². The maximum Gasteiger partial charge on any atom is 0.230 e. The highest BCUT2D eigenvalue weighted by molar-refractivity contribution is 8.00. The summed E-state index contributed by atoms with van der Waals surface area (Å²) in [4.78, 5) is 24.4. The second-order valence-corrected chi connectivity index (χ2v) is 8.94. The summed E-state index contributed by atoms with van der Waals surface area (Å²) in [5, 5.41) is 6.91. The minimum absolute atomic E-state index is 0.00572. The smallest absolute Gasteiger partial charge is 0.230 e. The monoisotopic (exact) mass is 411 g/mol. The number of rotatable bonds is 6. The molecule has 4 rings (SSSR count). The molecule has 0 saturated heterocycles. The van der Waals surface area contributed by atoms with Crippen LogP contribution in [0.3, 0.4) is 0 Å². The largest absolute Gasteiger partial charge is 0.348 e. The fourth-order valence-corrected chi connectivity index (χ4v) is 5.31. The number of carbonyl (C=O) groups is 1. The molecule has 1 unspecified atom stereocenters. The molecule has 0 saturated carbocycles. The zero-order valence-corrected chi connectivity index (χ0v) is 17.0. The number of carbonyl (C=O) groups excluding carboxylic acids is 1. The molecule has 1 aromatic carbocycles. The molecule has 27 heavy (non-hydrogen) atoms. The lowest BCUT2D eigenvalue weighted by atomic mass is 10.2. The van der Waals surface area contributed by atoms with E-state index >= 15 is 0 Å². The Morgan fingerprint density at radius 2 is 2.04 bits per heavy atom. The Kier molecular flexibility index (Phi) is 5.52. The van der Waals surface area contributed by atoms with Gasteiger partial charge in [0, 0.05) is 15.1 Å². The molecule has 0 aliphatic heterocycles. The Bertz CT molecular complexity index is 1040. The number of aromatic nitrogens is 2. The lowest BCUT2D eigenvalue weighted by Crippen LogP contribution is -2.27. The van der Waals surface area contributed by atoms with Gasteiger partial charge in [-0.15, -0.1) is 22.7 Å². The van der Waals surface area contributed by atoms with Crippen LogP contribution in [0.1, 0.15) is 17.8 Å². The van der Waals surface area contributed by atoms with Crippen molar-refractivity contribution in [1.29, 1.82) is 0 Å². The third kappa shape index (κ3) is 4.21. The number of fused-ring (bicyclic) bond motifs is 1. The van der Waals surface area contributed by atoms with Crippen molar-refractivity contribution < 1.29 is 4.79 Å². The first-order valence-electron chi connectivity index (χ1n) is 8.46. The van der Waals surface area contributed by atoms with Gasteiger partial charge in [-0.05, 0) is 30.0 Å². The maximum absolute atomic E-state index is 12.3. The van der Waals surface area contributed by atoms with Gasteiger partial charge in [-0.2, -0.15) is 0 Å². The van der Waals surface area contributed by atoms with Gasteiger partial charge < -0.3 is 5.32 Å². The van der Waals surface area contributed by atoms with Gasteiger partial charge in [-0.25, -0.2) is 9.97 Å². The molecule has 3 heterocycles. The molecule has 1 atom stereocenters. The van der Waals surface area contributed by atoms with Crippen molar-refractivity contribution in [2.24, 2.45) is 0 Å². The second kappa shape index (κ2) is 8.21. The van der Waals surface area contributed by atoms with Crippen LogP contribution in [-0.4, -0.2) is 21.6 Å². The Labute approximate surface area is 169 Å². The summed E-state index contributed by atoms with van der Waals surface area (Å²) in [6, 6.07) is 16.4. The normalized spacial score (nSPS) is 12.2. The van der Waals surface area contributed by atoms with Gasteiger partial charge >= 0.3 is 0 Å². The van der Waals surface area contributed by atoms with Gasteiger partial charge in [-0.1, -0.05) is 48.2 Å². The molecule has 0 bridgehead atoms. The van der Waals surface area contributed by atoms with Gasteiger partial charge in [0.15, 0.2) is 0 Å². The molecule has 3 aromatic heterocycles. The van der Waals surface area contributed by atoms with Crippen LogP contribution in [0.4, 0.5) is 0 Å². The van der Waals surface area contributed by atoms with Gasteiger partial charge in [-0.3, -0.25) is 4.79 Å². The minimum Gasteiger partial charge on any atom is -0.348 e. The molecule has 0 aliphatic carbocycles. The zero-order valence-electron chi connectivity index (χ0n) is 14.6. The van der Waals surface area contributed by atoms with Crippen molar-refractivity contribution >= 4 is 50.6 Å². The Morgan fingerprint density at radius 1 is 1.19 bits per heavy atom. The van der Waals surface area contributed by atoms with E-state index in [4.69, 9.17) is 0 Å². The van der Waals surface area contributed by atoms with E-state index in [2.05, 4.69) is 33.5 Å². The topological polar surface area (TPSA) is 54.9 Å². The van der Waals surface area contributed by atoms with Crippen molar-refractivity contribution in [2.75, 3.05) is 5.75 Å². The van der Waals surface area contributed by atoms with Crippen molar-refractivity contribution in [3.63, 3.8) is 0 Å². The average molecular weight is 412 g/mol. The van der Waals surface area contributed by atoms with E-state index in [1.807, 2.05) is 42.6 Å². The summed E-state index contributed by atoms with van der Waals surface area (Å²) in [5.74, 6) is 0.337. The standard InChI is InChI=1S/C20H17N3OS3/c1-13(16-8-5-9-25-16)23-18(24)11-26-19-15-10-17(14-6-3-2-4-7-14)27-20(15)22-12-21-19/h2-10,12-13H,11H2,1H3,(H,23,24). The predicted octanol–water partition coefficient (Wildman–Crippen LogP) is 5.39. The number of hydrogen-bond acceptors (Lipinski definition) is 6. The van der Waals surface area contributed by atoms with Crippen molar-refractivity contribution in [3.05, 3.63) is 65.1 Å². The molecule has 1 amide bonds. The summed E-state index contributed by atoms with van der Waals surface area (Å²) in [6.45, 7) is 2.00. The van der Waals surface area contributed by atoms with Gasteiger partial charge in [0.25, 0.3) is 0 Å². The summed E-state index contributed by atoms with van der Waals surface area (Å²) >= 11 is 4.75. The number of amides is 1. The fourth-order valence-electron chi connectivity index (χ4n) is 2.72. The fraction of sp³-hybridized carbons (Fsp3) is 0.150. The Balaban J connectivity index is 1.47. The molecule has 0 radical (unpaired) electrons. The number of thiophene rings is 2. The first-order chi connectivity index (χ1) is 13.2. The van der Waals surface area contributed by atoms with E-state index < -0.39 is 0 Å². The summed E-state index contributed by atoms with van der Waals surface area (Å²) < 4.78 is 0. The molecule has 0 aliphatic rings. The predicted molar refractivity (Wildman–Crippen MR) is 114 cm³/mol. The molecule has 1 N–H and O–H groups in total. The summed E-state index contributed by atoms with van der Waals surface area (Å²) in [5.41, 5.74) is 1.17. The highest BCUT2D eigenvalue weighted by Crippen LogP contribution is 2.36. The van der Waals surface area contributed by atoms with Crippen molar-refractivity contribution in [3.8, 4) is 10.4 Å². The highest BCUT2D eigenvalue weighted by atomic mass is 32.2. The summed E-state index contributed by atoms with van der Waals surface area (Å²) in [7, 11) is 0. The Morgan fingerprint density at radius 3 is 2.81 bits per heavy atom. The third-order valence-corrected chi connectivity index (χ3v) is 7.19. The second-order valence-electron chi connectivity index (χ2n) is 5.97. The quantitative estimate of drug-likeness (QED) is 0.341. The van der Waals surface area contributed by atoms with E-state index in [1.165, 1.54) is 17.3 Å². The van der Waals surface area contributed by atoms with E-state index in [0.29, 0.717) is 5.75 Å². The van der Waals surface area contributed by atoms with Crippen molar-refractivity contribution in [1.82, 2.24) is 15.3 Å². The van der Waals surface area contributed by atoms with Crippen LogP contribution < -0.4 is 5.32 Å². The van der Waals surface area contributed by atoms with Crippen LogP contribution >= 0.6 is 34.4 Å². The van der Waals surface area contributed by atoms with Gasteiger partial charge in [0.05, 0.1) is 11.8 Å². The van der Waals surface area contributed by atoms with Crippen LogP contribution in [0.15, 0.2) is 65.3 Å². The number of hydrogen-bond donors (Lipinski definition) is 1. The first-order valence-corrected chi connectivity index (χ1v) is 11.1. The number of nitrogens with zero attached hydrogens (tertiary/aromatic N) is 2. The third-order valence-electron chi connectivity index (χ3n) is 4.04. The maximum atomic E-state index is 12.3. The molecule has 7 heteroatoms. The molecular formula is C20H17N3OS3. The highest BCUT2D eigenvalue weighted by Gasteiger charge is 2.14. The van der Waals surface area contributed by atoms with Gasteiger partial charge in [0.1, 0.15) is 16.2 Å². The molecule has 136 valence electrons. The van der Waals surface area contributed by atoms with E-state index in [-0.39, 0.29) is 11.9 Å². The van der Waals surface area contributed by atoms with Crippen LogP contribution in [0, 0.1) is 0 Å². The van der Waals surface area contributed by atoms with Crippen LogP contribution in [0.2, 0.25) is 0 Å². The van der Waals surface area contributed by atoms with Crippen LogP contribution in [0.5, 0.6) is 0 Å². The molecule has 0 fully saturated rings. The van der Waals surface area contributed by atoms with Crippen molar-refractivity contribution in [2.45, 2.75) is 18.0 Å². The summed E-state index contributed by atoms with van der Waals surface area (Å²) in [6.07, 6.45) is 1.57. The van der Waals surface area contributed by atoms with Gasteiger partial charge in [0.2, 0.25) is 5.91 Å². The molecule has 4 aromatic rings.